The Morgan fingerprint density at radius 2 is 1.41 bits per heavy atom. The van der Waals surface area contributed by atoms with Crippen LogP contribution in [0.4, 0.5) is 0 Å². The van der Waals surface area contributed by atoms with Crippen LogP contribution in [-0.4, -0.2) is 74.8 Å². The normalized spacial score (nSPS) is 13.9. The van der Waals surface area contributed by atoms with Gasteiger partial charge in [0.25, 0.3) is 0 Å². The van der Waals surface area contributed by atoms with E-state index in [-0.39, 0.29) is 25.0 Å². The van der Waals surface area contributed by atoms with E-state index in [1.165, 1.54) is 0 Å². The number of carbonyl (C=O) groups is 5. The Labute approximate surface area is 241 Å². The predicted molar refractivity (Wildman–Crippen MR) is 154 cm³/mol. The molecule has 4 unspecified atom stereocenters. The molecule has 4 atom stereocenters. The molecule has 0 aliphatic heterocycles. The minimum absolute atomic E-state index is 0.0189. The van der Waals surface area contributed by atoms with Gasteiger partial charge in [-0.15, -0.1) is 0 Å². The van der Waals surface area contributed by atoms with Gasteiger partial charge < -0.3 is 36.9 Å². The summed E-state index contributed by atoms with van der Waals surface area (Å²) >= 11 is 4.12. The topological polar surface area (TPSA) is 204 Å². The van der Waals surface area contributed by atoms with Gasteiger partial charge in [-0.1, -0.05) is 48.5 Å². The molecule has 12 nitrogen and oxygen atoms in total. The average Bonchev–Trinajstić information content (AvgIpc) is 3.36. The van der Waals surface area contributed by atoms with Gasteiger partial charge in [0.05, 0.1) is 6.04 Å². The van der Waals surface area contributed by atoms with Crippen molar-refractivity contribution in [3.05, 3.63) is 71.9 Å². The van der Waals surface area contributed by atoms with Gasteiger partial charge in [0.2, 0.25) is 17.7 Å². The highest BCUT2D eigenvalue weighted by atomic mass is 32.1. The van der Waals surface area contributed by atoms with Gasteiger partial charge in [0.15, 0.2) is 0 Å². The first-order chi connectivity index (χ1) is 19.6. The van der Waals surface area contributed by atoms with Crippen molar-refractivity contribution >= 4 is 53.2 Å². The lowest BCUT2D eigenvalue weighted by atomic mass is 10.0. The Morgan fingerprint density at radius 1 is 0.805 bits per heavy atom. The first kappa shape index (κ1) is 31.2. The third kappa shape index (κ3) is 9.08. The van der Waals surface area contributed by atoms with E-state index in [2.05, 4.69) is 33.6 Å². The second kappa shape index (κ2) is 14.9. The van der Waals surface area contributed by atoms with Gasteiger partial charge in [0.1, 0.15) is 18.1 Å². The van der Waals surface area contributed by atoms with Gasteiger partial charge >= 0.3 is 11.9 Å². The summed E-state index contributed by atoms with van der Waals surface area (Å²) in [6.07, 6.45) is 1.15. The lowest BCUT2D eigenvalue weighted by Crippen LogP contribution is -2.58. The average molecular weight is 584 g/mol. The molecule has 1 aromatic heterocycles. The van der Waals surface area contributed by atoms with Crippen molar-refractivity contribution in [1.29, 1.82) is 0 Å². The molecule has 13 heteroatoms. The molecule has 2 aromatic carbocycles. The standard InChI is InChI=1S/C28H33N5O7S/c29-19(12-16-6-2-1-3-7-16)25(36)31-21(10-11-24(34)35)26(37)33-23(15-41)27(38)32-22(28(39)40)13-17-14-30-20-9-5-4-8-18(17)20/h1-9,14,19,21-23,30,41H,10-13,15,29H2,(H,31,36)(H,32,38)(H,33,37)(H,34,35)(H,39,40). The number of nitrogens with two attached hydrogens (primary N) is 1. The zero-order valence-corrected chi connectivity index (χ0v) is 23.0. The van der Waals surface area contributed by atoms with E-state index in [4.69, 9.17) is 10.8 Å². The maximum Gasteiger partial charge on any atom is 0.326 e. The summed E-state index contributed by atoms with van der Waals surface area (Å²) in [5.41, 5.74) is 8.31. The number of hydrogen-bond donors (Lipinski definition) is 8. The van der Waals surface area contributed by atoms with E-state index in [1.54, 1.807) is 30.5 Å². The maximum absolute atomic E-state index is 13.1. The number of aliphatic carboxylic acids is 2. The second-order valence-corrected chi connectivity index (χ2v) is 9.86. The van der Waals surface area contributed by atoms with Crippen molar-refractivity contribution in [3.63, 3.8) is 0 Å². The molecule has 3 aromatic rings. The Morgan fingerprint density at radius 3 is 2.07 bits per heavy atom. The molecule has 41 heavy (non-hydrogen) atoms. The number of fused-ring (bicyclic) bond motifs is 1. The lowest BCUT2D eigenvalue weighted by molar-refractivity contribution is -0.142. The summed E-state index contributed by atoms with van der Waals surface area (Å²) < 4.78 is 0. The largest absolute Gasteiger partial charge is 0.481 e. The van der Waals surface area contributed by atoms with Crippen LogP contribution in [0.5, 0.6) is 0 Å². The number of hydrogen-bond acceptors (Lipinski definition) is 7. The molecule has 0 spiro atoms. The fourth-order valence-electron chi connectivity index (χ4n) is 4.24. The van der Waals surface area contributed by atoms with Crippen LogP contribution in [0.1, 0.15) is 24.0 Å². The highest BCUT2D eigenvalue weighted by Crippen LogP contribution is 2.19. The van der Waals surface area contributed by atoms with Crippen LogP contribution in [-0.2, 0) is 36.8 Å². The number of nitrogens with one attached hydrogen (secondary N) is 4. The van der Waals surface area contributed by atoms with E-state index in [1.807, 2.05) is 30.3 Å². The molecule has 218 valence electrons. The van der Waals surface area contributed by atoms with Crippen LogP contribution in [0.2, 0.25) is 0 Å². The molecule has 0 saturated heterocycles. The predicted octanol–water partition coefficient (Wildman–Crippen LogP) is 0.614. The summed E-state index contributed by atoms with van der Waals surface area (Å²) in [6.45, 7) is 0. The molecule has 0 aliphatic rings. The van der Waals surface area contributed by atoms with Crippen molar-refractivity contribution < 1.29 is 34.2 Å². The van der Waals surface area contributed by atoms with Gasteiger partial charge in [-0.25, -0.2) is 4.79 Å². The van der Waals surface area contributed by atoms with E-state index in [0.717, 1.165) is 16.5 Å². The minimum Gasteiger partial charge on any atom is -0.481 e. The van der Waals surface area contributed by atoms with Crippen LogP contribution in [0.15, 0.2) is 60.8 Å². The van der Waals surface area contributed by atoms with Gasteiger partial charge in [0, 0.05) is 35.7 Å². The monoisotopic (exact) mass is 583 g/mol. The van der Waals surface area contributed by atoms with E-state index >= 15 is 0 Å². The zero-order valence-electron chi connectivity index (χ0n) is 22.1. The van der Waals surface area contributed by atoms with E-state index < -0.39 is 60.2 Å². The quantitative estimate of drug-likeness (QED) is 0.119. The first-order valence-corrected chi connectivity index (χ1v) is 13.5. The van der Waals surface area contributed by atoms with Crippen molar-refractivity contribution in [2.75, 3.05) is 5.75 Å². The number of benzene rings is 2. The Balaban J connectivity index is 1.66. The zero-order chi connectivity index (χ0) is 29.9. The van der Waals surface area contributed by atoms with Crippen molar-refractivity contribution in [2.24, 2.45) is 5.73 Å². The fraction of sp³-hybridized carbons (Fsp3) is 0.321. The van der Waals surface area contributed by atoms with Crippen LogP contribution in [0.25, 0.3) is 10.9 Å². The summed E-state index contributed by atoms with van der Waals surface area (Å²) in [4.78, 5) is 65.0. The molecule has 8 N–H and O–H groups in total. The number of carboxylic acids is 2. The maximum atomic E-state index is 13.1. The number of carboxylic acid groups (broad SMARTS) is 2. The smallest absolute Gasteiger partial charge is 0.326 e. The molecule has 3 rings (SSSR count). The molecule has 0 aliphatic carbocycles. The number of aromatic nitrogens is 1. The molecule has 0 saturated carbocycles. The molecular formula is C28H33N5O7S. The number of amides is 3. The van der Waals surface area contributed by atoms with E-state index in [0.29, 0.717) is 5.56 Å². The minimum atomic E-state index is -1.31. The highest BCUT2D eigenvalue weighted by molar-refractivity contribution is 7.80. The first-order valence-electron chi connectivity index (χ1n) is 12.9. The summed E-state index contributed by atoms with van der Waals surface area (Å²) in [5.74, 6) is -4.95. The summed E-state index contributed by atoms with van der Waals surface area (Å²) in [5, 5.41) is 27.0. The Hall–Kier alpha value is -4.36. The van der Waals surface area contributed by atoms with Crippen LogP contribution in [0, 0.1) is 0 Å². The fourth-order valence-corrected chi connectivity index (χ4v) is 4.49. The molecule has 1 heterocycles. The summed E-state index contributed by atoms with van der Waals surface area (Å²) in [6, 6.07) is 11.4. The molecule has 3 amide bonds. The number of rotatable bonds is 15. The van der Waals surface area contributed by atoms with Crippen molar-refractivity contribution in [2.45, 2.75) is 49.9 Å². The van der Waals surface area contributed by atoms with Gasteiger partial charge in [-0.05, 0) is 30.0 Å². The van der Waals surface area contributed by atoms with Gasteiger partial charge in [-0.3, -0.25) is 19.2 Å². The second-order valence-electron chi connectivity index (χ2n) is 9.50. The molecule has 0 radical (unpaired) electrons. The summed E-state index contributed by atoms with van der Waals surface area (Å²) in [7, 11) is 0. The SMILES string of the molecule is NC(Cc1ccccc1)C(=O)NC(CCC(=O)O)C(=O)NC(CS)C(=O)NC(Cc1c[nH]c2ccccc12)C(=O)O. The van der Waals surface area contributed by atoms with Crippen molar-refractivity contribution in [3.8, 4) is 0 Å². The molecule has 0 bridgehead atoms. The third-order valence-electron chi connectivity index (χ3n) is 6.44. The Kier molecular flexibility index (Phi) is 11.3. The number of H-pyrrole nitrogens is 1. The number of thiol groups is 1. The number of para-hydroxylation sites is 1. The van der Waals surface area contributed by atoms with Crippen molar-refractivity contribution in [1.82, 2.24) is 20.9 Å². The molecular weight excluding hydrogens is 550 g/mol. The highest BCUT2D eigenvalue weighted by Gasteiger charge is 2.30. The Bertz CT molecular complexity index is 1380. The van der Waals surface area contributed by atoms with Crippen LogP contribution >= 0.6 is 12.6 Å². The lowest BCUT2D eigenvalue weighted by Gasteiger charge is -2.24. The van der Waals surface area contributed by atoms with Crippen LogP contribution < -0.4 is 21.7 Å². The van der Waals surface area contributed by atoms with Gasteiger partial charge in [-0.2, -0.15) is 12.6 Å². The number of aromatic amines is 1. The number of carbonyl (C=O) groups excluding carboxylic acids is 3. The molecule has 0 fully saturated rings. The van der Waals surface area contributed by atoms with Crippen LogP contribution in [0.3, 0.4) is 0 Å². The third-order valence-corrected chi connectivity index (χ3v) is 6.81. The van der Waals surface area contributed by atoms with E-state index in [9.17, 15) is 29.1 Å².